The number of aryl methyl sites for hydroxylation is 1. The molecule has 1 saturated carbocycles. The molecule has 49 heavy (non-hydrogen) atoms. The van der Waals surface area contributed by atoms with Crippen molar-refractivity contribution in [3.05, 3.63) is 47.5 Å². The Hall–Kier alpha value is -3.94. The number of carbonyl (C=O) groups is 4. The lowest BCUT2D eigenvalue weighted by molar-refractivity contribution is -0.150. The predicted octanol–water partition coefficient (Wildman–Crippen LogP) is 4.40. The first-order chi connectivity index (χ1) is 23.2. The van der Waals surface area contributed by atoms with Crippen LogP contribution in [-0.2, 0) is 20.9 Å². The van der Waals surface area contributed by atoms with Crippen LogP contribution in [0.5, 0.6) is 0 Å². The third-order valence-electron chi connectivity index (χ3n) is 10.2. The number of halogens is 3. The molecule has 0 unspecified atom stereocenters. The Balaban J connectivity index is 1.56. The van der Waals surface area contributed by atoms with E-state index in [1.54, 1.807) is 13.0 Å². The van der Waals surface area contributed by atoms with Gasteiger partial charge in [0.05, 0.1) is 5.69 Å². The van der Waals surface area contributed by atoms with Gasteiger partial charge in [-0.2, -0.15) is 13.9 Å². The molecule has 0 bridgehead atoms. The van der Waals surface area contributed by atoms with Crippen LogP contribution >= 0.6 is 0 Å². The van der Waals surface area contributed by atoms with Gasteiger partial charge in [-0.3, -0.25) is 23.9 Å². The maximum atomic E-state index is 15.7. The summed E-state index contributed by atoms with van der Waals surface area (Å²) in [4.78, 5) is 56.9. The Morgan fingerprint density at radius 3 is 2.33 bits per heavy atom. The lowest BCUT2D eigenvalue weighted by atomic mass is 9.79. The van der Waals surface area contributed by atoms with E-state index in [-0.39, 0.29) is 23.2 Å². The fourth-order valence-corrected chi connectivity index (χ4v) is 6.58. The molecule has 1 aliphatic carbocycles. The number of alkyl halides is 2. The summed E-state index contributed by atoms with van der Waals surface area (Å²) < 4.78 is 46.0. The molecule has 1 aromatic carbocycles. The van der Waals surface area contributed by atoms with Crippen molar-refractivity contribution in [2.75, 3.05) is 32.0 Å². The summed E-state index contributed by atoms with van der Waals surface area (Å²) in [6.45, 7) is 10.4. The largest absolute Gasteiger partial charge is 0.339 e. The summed E-state index contributed by atoms with van der Waals surface area (Å²) in [6, 6.07) is 3.25. The molecule has 2 aliphatic rings. The molecule has 4 atom stereocenters. The number of aromatic nitrogens is 2. The Kier molecular flexibility index (Phi) is 12.5. The van der Waals surface area contributed by atoms with E-state index in [0.29, 0.717) is 37.8 Å². The van der Waals surface area contributed by atoms with Gasteiger partial charge in [-0.1, -0.05) is 39.7 Å². The molecule has 4 rings (SSSR count). The van der Waals surface area contributed by atoms with Crippen LogP contribution in [0.4, 0.5) is 18.9 Å². The second-order valence-corrected chi connectivity index (χ2v) is 13.6. The highest BCUT2D eigenvalue weighted by molar-refractivity contribution is 6.00. The zero-order chi connectivity index (χ0) is 36.0. The van der Waals surface area contributed by atoms with E-state index in [2.05, 4.69) is 32.9 Å². The number of hydrogen-bond donors (Lipinski definition) is 3. The van der Waals surface area contributed by atoms with Gasteiger partial charge in [0.1, 0.15) is 23.6 Å². The number of anilines is 1. The third kappa shape index (κ3) is 9.00. The molecule has 0 radical (unpaired) electrons. The standard InChI is InChI=1S/C35H50F3N7O4/c1-7-35(37,38)34(49)42-29(33(48)44-18-17-43(6)22(4)20-44)23(5)25-13-14-27(26(36)19-25)40-32(47)30(24-11-9-21(3)10-12-24)41-31(46)28-15-16-39-45(28)8-2/h13-16,19,21-24,29-30H,7-12,17-18,20H2,1-6H3,(H,40,47)(H,41,46)(H,42,49)/t21-,22-,23+,24-,29-,30+/m1/s1. The molecule has 1 saturated heterocycles. The van der Waals surface area contributed by atoms with Crippen molar-refractivity contribution in [3.8, 4) is 0 Å². The van der Waals surface area contributed by atoms with Gasteiger partial charge in [0.15, 0.2) is 0 Å². The highest BCUT2D eigenvalue weighted by atomic mass is 19.3. The number of nitrogens with zero attached hydrogens (tertiary/aromatic N) is 4. The quantitative estimate of drug-likeness (QED) is 0.303. The van der Waals surface area contributed by atoms with Gasteiger partial charge in [0, 0.05) is 50.8 Å². The molecule has 0 spiro atoms. The number of amides is 4. The summed E-state index contributed by atoms with van der Waals surface area (Å²) in [7, 11) is 1.92. The fourth-order valence-electron chi connectivity index (χ4n) is 6.58. The van der Waals surface area contributed by atoms with Crippen molar-refractivity contribution in [2.45, 2.75) is 103 Å². The Morgan fingerprint density at radius 2 is 1.71 bits per heavy atom. The smallest absolute Gasteiger partial charge is 0.324 e. The van der Waals surface area contributed by atoms with E-state index in [1.165, 1.54) is 34.8 Å². The maximum absolute atomic E-state index is 15.7. The molecule has 270 valence electrons. The summed E-state index contributed by atoms with van der Waals surface area (Å²) in [5, 5.41) is 11.9. The summed E-state index contributed by atoms with van der Waals surface area (Å²) >= 11 is 0. The number of carbonyl (C=O) groups excluding carboxylic acids is 4. The van der Waals surface area contributed by atoms with Crippen LogP contribution in [0.3, 0.4) is 0 Å². The minimum absolute atomic E-state index is 0.0150. The lowest BCUT2D eigenvalue weighted by Crippen LogP contribution is -2.59. The van der Waals surface area contributed by atoms with Crippen LogP contribution in [-0.4, -0.2) is 93.9 Å². The Morgan fingerprint density at radius 1 is 1.02 bits per heavy atom. The van der Waals surface area contributed by atoms with Crippen LogP contribution in [0.25, 0.3) is 0 Å². The van der Waals surface area contributed by atoms with Crippen LogP contribution in [0, 0.1) is 17.7 Å². The van der Waals surface area contributed by atoms with E-state index in [4.69, 9.17) is 0 Å². The molecule has 3 N–H and O–H groups in total. The molecule has 4 amide bonds. The molecule has 2 aromatic rings. The first kappa shape index (κ1) is 37.9. The maximum Gasteiger partial charge on any atom is 0.324 e. The first-order valence-electron chi connectivity index (χ1n) is 17.3. The van der Waals surface area contributed by atoms with Crippen molar-refractivity contribution < 1.29 is 32.3 Å². The van der Waals surface area contributed by atoms with Crippen molar-refractivity contribution >= 4 is 29.3 Å². The monoisotopic (exact) mass is 689 g/mol. The summed E-state index contributed by atoms with van der Waals surface area (Å²) in [5.41, 5.74) is 0.448. The topological polar surface area (TPSA) is 129 Å². The van der Waals surface area contributed by atoms with Gasteiger partial charge < -0.3 is 25.8 Å². The van der Waals surface area contributed by atoms with Gasteiger partial charge in [0.25, 0.3) is 11.8 Å². The van der Waals surface area contributed by atoms with Crippen LogP contribution < -0.4 is 16.0 Å². The number of likely N-dealkylation sites (N-methyl/N-ethyl adjacent to an activating group) is 1. The molecular weight excluding hydrogens is 639 g/mol. The van der Waals surface area contributed by atoms with Crippen molar-refractivity contribution in [1.29, 1.82) is 0 Å². The molecule has 14 heteroatoms. The van der Waals surface area contributed by atoms with Gasteiger partial charge >= 0.3 is 5.92 Å². The van der Waals surface area contributed by atoms with Gasteiger partial charge in [-0.15, -0.1) is 0 Å². The van der Waals surface area contributed by atoms with Crippen LogP contribution in [0.2, 0.25) is 0 Å². The molecule has 2 heterocycles. The number of benzene rings is 1. The van der Waals surface area contributed by atoms with Crippen molar-refractivity contribution in [2.24, 2.45) is 11.8 Å². The Bertz CT molecular complexity index is 1490. The zero-order valence-electron chi connectivity index (χ0n) is 29.3. The van der Waals surface area contributed by atoms with Gasteiger partial charge in [0.2, 0.25) is 11.8 Å². The Labute approximate surface area is 286 Å². The van der Waals surface area contributed by atoms with Crippen molar-refractivity contribution in [3.63, 3.8) is 0 Å². The average molecular weight is 690 g/mol. The van der Waals surface area contributed by atoms with E-state index >= 15 is 4.39 Å². The average Bonchev–Trinajstić information content (AvgIpc) is 3.57. The molecule has 2 fully saturated rings. The second kappa shape index (κ2) is 16.2. The predicted molar refractivity (Wildman–Crippen MR) is 180 cm³/mol. The normalized spacial score (nSPS) is 22.1. The summed E-state index contributed by atoms with van der Waals surface area (Å²) in [6.07, 6.45) is 3.99. The van der Waals surface area contributed by atoms with Gasteiger partial charge in [-0.05, 0) is 69.3 Å². The van der Waals surface area contributed by atoms with Gasteiger partial charge in [-0.25, -0.2) is 4.39 Å². The number of piperazine rings is 1. The minimum Gasteiger partial charge on any atom is -0.339 e. The molecule has 1 aliphatic heterocycles. The molecule has 11 nitrogen and oxygen atoms in total. The number of rotatable bonds is 12. The zero-order valence-corrected chi connectivity index (χ0v) is 29.3. The molecule has 1 aromatic heterocycles. The third-order valence-corrected chi connectivity index (χ3v) is 10.2. The first-order valence-corrected chi connectivity index (χ1v) is 17.3. The fraction of sp³-hybridized carbons (Fsp3) is 0.629. The van der Waals surface area contributed by atoms with E-state index in [9.17, 15) is 28.0 Å². The van der Waals surface area contributed by atoms with E-state index < -0.39 is 59.8 Å². The highest BCUT2D eigenvalue weighted by Crippen LogP contribution is 2.32. The SMILES string of the molecule is CCn1nccc1C(=O)N[C@H](C(=O)Nc1ccc([C@H](C)[C@@H](NC(=O)C(F)(F)CC)C(=O)N2CCN(C)[C@H](C)C2)cc1F)[C@H]1CC[C@H](C)CC1. The van der Waals surface area contributed by atoms with Crippen molar-refractivity contribution in [1.82, 2.24) is 30.2 Å². The number of nitrogens with one attached hydrogen (secondary N) is 3. The van der Waals surface area contributed by atoms with E-state index in [0.717, 1.165) is 31.7 Å². The summed E-state index contributed by atoms with van der Waals surface area (Å²) in [5.74, 6) is -8.18. The highest BCUT2D eigenvalue weighted by Gasteiger charge is 2.42. The second-order valence-electron chi connectivity index (χ2n) is 13.6. The van der Waals surface area contributed by atoms with Crippen LogP contribution in [0.1, 0.15) is 88.7 Å². The molecular formula is C35H50F3N7O4. The van der Waals surface area contributed by atoms with E-state index in [1.807, 2.05) is 20.9 Å². The minimum atomic E-state index is -3.69. The number of hydrogen-bond acceptors (Lipinski definition) is 6. The van der Waals surface area contributed by atoms with Crippen LogP contribution in [0.15, 0.2) is 30.5 Å². The lowest BCUT2D eigenvalue weighted by Gasteiger charge is -2.40.